The molecule has 0 aromatic carbocycles. The first kappa shape index (κ1) is 56.8. The molecule has 0 saturated carbocycles. The number of ether oxygens (including phenoxy) is 2. The van der Waals surface area contributed by atoms with Crippen molar-refractivity contribution in [2.45, 2.75) is 238 Å². The molecular formula is C48H95NO8P+. The van der Waals surface area contributed by atoms with Crippen LogP contribution in [0.3, 0.4) is 0 Å². The number of allylic oxidation sites excluding steroid dienone is 2. The monoisotopic (exact) mass is 845 g/mol. The van der Waals surface area contributed by atoms with E-state index in [1.165, 1.54) is 148 Å². The van der Waals surface area contributed by atoms with Crippen molar-refractivity contribution < 1.29 is 42.1 Å². The molecule has 10 heteroatoms. The standard InChI is InChI=1S/C48H94NO8P/c1-6-8-10-12-14-16-18-20-21-22-23-24-25-26-27-29-31-33-35-37-39-41-48(51)57-46(45-56-58(52,53)55-43-42-49(3,4)5)44-54-47(50)40-38-36-34-32-30-28-19-17-15-13-11-9-7-2/h17,19,46H,6-16,18,20-45H2,1-5H3/p+1/b19-17-/t46-/m1/s1. The van der Waals surface area contributed by atoms with Crippen LogP contribution in [0.15, 0.2) is 12.2 Å². The van der Waals surface area contributed by atoms with Crippen LogP contribution in [-0.4, -0.2) is 74.9 Å². The van der Waals surface area contributed by atoms with E-state index in [0.29, 0.717) is 17.4 Å². The lowest BCUT2D eigenvalue weighted by atomic mass is 10.0. The number of carbonyl (C=O) groups excluding carboxylic acids is 2. The second kappa shape index (κ2) is 41.1. The Hall–Kier alpha value is -1.25. The maximum Gasteiger partial charge on any atom is 0.472 e. The topological polar surface area (TPSA) is 108 Å². The fourth-order valence-corrected chi connectivity index (χ4v) is 7.69. The predicted molar refractivity (Wildman–Crippen MR) is 243 cm³/mol. The highest BCUT2D eigenvalue weighted by Gasteiger charge is 2.27. The molecule has 0 aromatic heterocycles. The highest BCUT2D eigenvalue weighted by atomic mass is 31.2. The van der Waals surface area contributed by atoms with Crippen molar-refractivity contribution in [3.8, 4) is 0 Å². The lowest BCUT2D eigenvalue weighted by Crippen LogP contribution is -2.37. The van der Waals surface area contributed by atoms with Crippen LogP contribution in [0, 0.1) is 0 Å². The van der Waals surface area contributed by atoms with Gasteiger partial charge in [0.2, 0.25) is 0 Å². The van der Waals surface area contributed by atoms with Gasteiger partial charge in [-0.05, 0) is 38.5 Å². The Labute approximate surface area is 358 Å². The number of phosphoric acid groups is 1. The van der Waals surface area contributed by atoms with Gasteiger partial charge >= 0.3 is 19.8 Å². The smallest absolute Gasteiger partial charge is 0.462 e. The summed E-state index contributed by atoms with van der Waals surface area (Å²) in [5.74, 6) is -0.796. The predicted octanol–water partition coefficient (Wildman–Crippen LogP) is 14.1. The lowest BCUT2D eigenvalue weighted by Gasteiger charge is -2.24. The molecule has 0 fully saturated rings. The first-order chi connectivity index (χ1) is 28.0. The molecule has 58 heavy (non-hydrogen) atoms. The number of rotatable bonds is 45. The molecule has 0 saturated heterocycles. The molecule has 344 valence electrons. The molecule has 0 aromatic rings. The summed E-state index contributed by atoms with van der Waals surface area (Å²) in [4.78, 5) is 35.4. The molecule has 1 N–H and O–H groups in total. The minimum absolute atomic E-state index is 0.0337. The van der Waals surface area contributed by atoms with E-state index in [2.05, 4.69) is 26.0 Å². The van der Waals surface area contributed by atoms with E-state index in [4.69, 9.17) is 18.5 Å². The third-order valence-corrected chi connectivity index (χ3v) is 11.8. The molecule has 0 aliphatic rings. The molecule has 0 aliphatic carbocycles. The molecule has 0 rings (SSSR count). The third kappa shape index (κ3) is 44.3. The van der Waals surface area contributed by atoms with Crippen molar-refractivity contribution in [3.63, 3.8) is 0 Å². The average Bonchev–Trinajstić information content (AvgIpc) is 3.17. The van der Waals surface area contributed by atoms with E-state index in [1.807, 2.05) is 21.1 Å². The number of hydrogen-bond donors (Lipinski definition) is 1. The number of likely N-dealkylation sites (N-methyl/N-ethyl adjacent to an activating group) is 1. The number of esters is 2. The molecule has 0 bridgehead atoms. The minimum atomic E-state index is -4.37. The van der Waals surface area contributed by atoms with Gasteiger partial charge in [0.05, 0.1) is 27.7 Å². The van der Waals surface area contributed by atoms with Gasteiger partial charge in [-0.2, -0.15) is 0 Å². The number of nitrogens with zero attached hydrogens (tertiary/aromatic N) is 1. The highest BCUT2D eigenvalue weighted by molar-refractivity contribution is 7.47. The average molecular weight is 845 g/mol. The summed E-state index contributed by atoms with van der Waals surface area (Å²) in [6.45, 7) is 4.44. The minimum Gasteiger partial charge on any atom is -0.462 e. The zero-order chi connectivity index (χ0) is 42.8. The second-order valence-electron chi connectivity index (χ2n) is 17.9. The van der Waals surface area contributed by atoms with Crippen molar-refractivity contribution in [2.24, 2.45) is 0 Å². The summed E-state index contributed by atoms with van der Waals surface area (Å²) in [7, 11) is 1.48. The Morgan fingerprint density at radius 2 is 0.879 bits per heavy atom. The van der Waals surface area contributed by atoms with Gasteiger partial charge in [-0.3, -0.25) is 18.6 Å². The first-order valence-electron chi connectivity index (χ1n) is 24.4. The Kier molecular flexibility index (Phi) is 40.2. The van der Waals surface area contributed by atoms with Crippen LogP contribution >= 0.6 is 7.82 Å². The van der Waals surface area contributed by atoms with Crippen LogP contribution in [0.2, 0.25) is 0 Å². The molecule has 1 unspecified atom stereocenters. The summed E-state index contributed by atoms with van der Waals surface area (Å²) in [5, 5.41) is 0. The van der Waals surface area contributed by atoms with E-state index < -0.39 is 26.5 Å². The van der Waals surface area contributed by atoms with Crippen molar-refractivity contribution in [1.82, 2.24) is 0 Å². The second-order valence-corrected chi connectivity index (χ2v) is 19.3. The van der Waals surface area contributed by atoms with Crippen LogP contribution < -0.4 is 0 Å². The molecule has 0 spiro atoms. The van der Waals surface area contributed by atoms with Crippen LogP contribution in [-0.2, 0) is 32.7 Å². The normalized spacial score (nSPS) is 13.6. The molecule has 2 atom stereocenters. The van der Waals surface area contributed by atoms with Crippen molar-refractivity contribution in [2.75, 3.05) is 47.5 Å². The third-order valence-electron chi connectivity index (χ3n) is 10.8. The fraction of sp³-hybridized carbons (Fsp3) is 0.917. The van der Waals surface area contributed by atoms with Crippen LogP contribution in [0.4, 0.5) is 0 Å². The van der Waals surface area contributed by atoms with Gasteiger partial charge in [0, 0.05) is 12.8 Å². The van der Waals surface area contributed by atoms with Gasteiger partial charge in [-0.1, -0.05) is 193 Å². The fourth-order valence-electron chi connectivity index (χ4n) is 6.95. The lowest BCUT2D eigenvalue weighted by molar-refractivity contribution is -0.870. The van der Waals surface area contributed by atoms with Gasteiger partial charge in [0.1, 0.15) is 19.8 Å². The van der Waals surface area contributed by atoms with Crippen molar-refractivity contribution >= 4 is 19.8 Å². The van der Waals surface area contributed by atoms with Gasteiger partial charge < -0.3 is 18.9 Å². The SMILES string of the molecule is CCCCCC/C=C\CCCCCCCC(=O)OC[C@H](COP(=O)(O)OCC[N+](C)(C)C)OC(=O)CCCCCCCCCCCCCCCCCCCCCCC. The summed E-state index contributed by atoms with van der Waals surface area (Å²) in [6.07, 6.45) is 44.0. The van der Waals surface area contributed by atoms with Crippen molar-refractivity contribution in [3.05, 3.63) is 12.2 Å². The van der Waals surface area contributed by atoms with Crippen LogP contribution in [0.1, 0.15) is 232 Å². The number of phosphoric ester groups is 1. The van der Waals surface area contributed by atoms with Gasteiger partial charge in [-0.25, -0.2) is 4.57 Å². The Balaban J connectivity index is 4.22. The van der Waals surface area contributed by atoms with E-state index in [-0.39, 0.29) is 32.0 Å². The number of quaternary nitrogens is 1. The summed E-state index contributed by atoms with van der Waals surface area (Å²) < 4.78 is 34.4. The molecule has 0 radical (unpaired) electrons. The molecule has 0 heterocycles. The van der Waals surface area contributed by atoms with Crippen LogP contribution in [0.25, 0.3) is 0 Å². The summed E-state index contributed by atoms with van der Waals surface area (Å²) >= 11 is 0. The van der Waals surface area contributed by atoms with E-state index in [9.17, 15) is 19.0 Å². The largest absolute Gasteiger partial charge is 0.472 e. The Bertz CT molecular complexity index is 1000. The number of unbranched alkanes of at least 4 members (excludes halogenated alkanes) is 29. The first-order valence-corrected chi connectivity index (χ1v) is 25.9. The maximum atomic E-state index is 12.7. The van der Waals surface area contributed by atoms with Crippen molar-refractivity contribution in [1.29, 1.82) is 0 Å². The Morgan fingerprint density at radius 1 is 0.517 bits per heavy atom. The van der Waals surface area contributed by atoms with E-state index in [0.717, 1.165) is 51.4 Å². The van der Waals surface area contributed by atoms with E-state index in [1.54, 1.807) is 0 Å². The molecule has 0 aliphatic heterocycles. The van der Waals surface area contributed by atoms with Gasteiger partial charge in [0.25, 0.3) is 0 Å². The summed E-state index contributed by atoms with van der Waals surface area (Å²) in [6, 6.07) is 0. The summed E-state index contributed by atoms with van der Waals surface area (Å²) in [5.41, 5.74) is 0. The zero-order valence-corrected chi connectivity index (χ0v) is 39.7. The zero-order valence-electron chi connectivity index (χ0n) is 38.8. The quantitative estimate of drug-likeness (QED) is 0.0212. The van der Waals surface area contributed by atoms with Crippen LogP contribution in [0.5, 0.6) is 0 Å². The number of hydrogen-bond acceptors (Lipinski definition) is 7. The molecule has 9 nitrogen and oxygen atoms in total. The maximum absolute atomic E-state index is 12.7. The Morgan fingerprint density at radius 3 is 1.29 bits per heavy atom. The van der Waals surface area contributed by atoms with Gasteiger partial charge in [-0.15, -0.1) is 0 Å². The van der Waals surface area contributed by atoms with E-state index >= 15 is 0 Å². The molecular weight excluding hydrogens is 750 g/mol. The highest BCUT2D eigenvalue weighted by Crippen LogP contribution is 2.43. The number of carbonyl (C=O) groups is 2. The van der Waals surface area contributed by atoms with Gasteiger partial charge in [0.15, 0.2) is 6.10 Å². The molecule has 0 amide bonds.